The molecule has 5 fully saturated rings. The molecule has 6 aliphatic rings. The van der Waals surface area contributed by atoms with E-state index in [4.69, 9.17) is 14.2 Å². The van der Waals surface area contributed by atoms with Crippen LogP contribution in [0.4, 0.5) is 0 Å². The summed E-state index contributed by atoms with van der Waals surface area (Å²) in [5.41, 5.74) is 0.262. The highest BCUT2D eigenvalue weighted by Gasteiger charge is 2.79. The zero-order chi connectivity index (χ0) is 21.1. The molecule has 2 heterocycles. The minimum atomic E-state index is -0.459. The van der Waals surface area contributed by atoms with E-state index < -0.39 is 5.60 Å². The van der Waals surface area contributed by atoms with Crippen molar-refractivity contribution in [1.82, 2.24) is 0 Å². The molecule has 0 amide bonds. The Morgan fingerprint density at radius 1 is 1.17 bits per heavy atom. The lowest BCUT2D eigenvalue weighted by Crippen LogP contribution is -2.61. The van der Waals surface area contributed by atoms with Crippen LogP contribution in [0, 0.1) is 34.5 Å². The molecule has 2 aliphatic heterocycles. The first kappa shape index (κ1) is 19.0. The third-order valence-corrected chi connectivity index (χ3v) is 10.1. The van der Waals surface area contributed by atoms with Gasteiger partial charge in [0.25, 0.3) is 0 Å². The second-order valence-corrected chi connectivity index (χ2v) is 10.9. The van der Waals surface area contributed by atoms with Crippen molar-refractivity contribution < 1.29 is 28.6 Å². The molecule has 3 saturated carbocycles. The van der Waals surface area contributed by atoms with Crippen molar-refractivity contribution in [2.75, 3.05) is 7.11 Å². The summed E-state index contributed by atoms with van der Waals surface area (Å²) in [5, 5.41) is 0. The summed E-state index contributed by atoms with van der Waals surface area (Å²) in [6.07, 6.45) is 6.91. The van der Waals surface area contributed by atoms with E-state index in [9.17, 15) is 14.4 Å². The van der Waals surface area contributed by atoms with E-state index in [1.54, 1.807) is 6.08 Å². The summed E-state index contributed by atoms with van der Waals surface area (Å²) in [4.78, 5) is 37.4. The number of esters is 2. The molecule has 6 nitrogen and oxygen atoms in total. The number of rotatable bonds is 1. The number of hydrogen-bond acceptors (Lipinski definition) is 6. The molecule has 9 atom stereocenters. The van der Waals surface area contributed by atoms with Crippen LogP contribution in [0.3, 0.4) is 0 Å². The minimum Gasteiger partial charge on any atom is -0.469 e. The summed E-state index contributed by atoms with van der Waals surface area (Å²) in [5.74, 6) is 0.176. The van der Waals surface area contributed by atoms with Gasteiger partial charge in [-0.25, -0.2) is 0 Å². The van der Waals surface area contributed by atoms with Crippen LogP contribution in [0.5, 0.6) is 0 Å². The van der Waals surface area contributed by atoms with Gasteiger partial charge in [-0.3, -0.25) is 14.4 Å². The summed E-state index contributed by atoms with van der Waals surface area (Å²) in [7, 11) is 1.46. The third kappa shape index (κ3) is 2.07. The van der Waals surface area contributed by atoms with Gasteiger partial charge in [0.2, 0.25) is 0 Å². The zero-order valence-electron chi connectivity index (χ0n) is 17.9. The van der Waals surface area contributed by atoms with E-state index in [0.29, 0.717) is 19.3 Å². The van der Waals surface area contributed by atoms with Crippen molar-refractivity contribution >= 4 is 17.7 Å². The standard InChI is InChI=1S/C24H30O6/c1-22-7-4-13(25)10-12(22)11-14(21(27)28-3)17-15-5-8-24(9-6-16(26)30-24)23(15,2)20-19(29-20)18(17)22/h10,14-15,17-20H,4-9,11H2,1-3H3/t14-,15?,17?,18?,19?,20+,22+,23-,24?/m1/s1. The van der Waals surface area contributed by atoms with Crippen molar-refractivity contribution in [3.63, 3.8) is 0 Å². The smallest absolute Gasteiger partial charge is 0.309 e. The number of fused-ring (bicyclic) bond motifs is 9. The van der Waals surface area contributed by atoms with Gasteiger partial charge in [0.15, 0.2) is 5.78 Å². The minimum absolute atomic E-state index is 0.0552. The highest BCUT2D eigenvalue weighted by atomic mass is 16.6. The molecule has 5 unspecified atom stereocenters. The molecule has 2 saturated heterocycles. The maximum absolute atomic E-state index is 13.0. The number of allylic oxidation sites excluding steroid dienone is 1. The Morgan fingerprint density at radius 3 is 2.67 bits per heavy atom. The SMILES string of the molecule is COC(=O)[C@@H]1CC2=CC(=O)CC[C@]2(C)C2C1C1CCC3(CCC(=O)O3)[C@@]1(C)[C@H]1OC21. The van der Waals surface area contributed by atoms with Crippen LogP contribution in [-0.2, 0) is 28.6 Å². The molecule has 0 N–H and O–H groups in total. The van der Waals surface area contributed by atoms with Crippen LogP contribution in [0.15, 0.2) is 11.6 Å². The molecule has 4 aliphatic carbocycles. The van der Waals surface area contributed by atoms with E-state index in [1.807, 2.05) is 0 Å². The molecule has 6 rings (SSSR count). The Labute approximate surface area is 176 Å². The first-order valence-corrected chi connectivity index (χ1v) is 11.4. The van der Waals surface area contributed by atoms with Gasteiger partial charge in [-0.2, -0.15) is 0 Å². The molecule has 30 heavy (non-hydrogen) atoms. The molecule has 0 bridgehead atoms. The molecule has 162 valence electrons. The van der Waals surface area contributed by atoms with Crippen molar-refractivity contribution in [3.8, 4) is 0 Å². The molecule has 0 radical (unpaired) electrons. The predicted molar refractivity (Wildman–Crippen MR) is 105 cm³/mol. The fourth-order valence-corrected chi connectivity index (χ4v) is 8.62. The number of carbonyl (C=O) groups is 3. The monoisotopic (exact) mass is 414 g/mol. The van der Waals surface area contributed by atoms with Crippen LogP contribution in [0.25, 0.3) is 0 Å². The summed E-state index contributed by atoms with van der Waals surface area (Å²) in [6, 6.07) is 0. The van der Waals surface area contributed by atoms with E-state index in [-0.39, 0.29) is 64.4 Å². The maximum atomic E-state index is 13.0. The van der Waals surface area contributed by atoms with Gasteiger partial charge in [0.05, 0.1) is 25.2 Å². The fourth-order valence-electron chi connectivity index (χ4n) is 8.62. The first-order valence-electron chi connectivity index (χ1n) is 11.4. The Bertz CT molecular complexity index is 892. The van der Waals surface area contributed by atoms with Gasteiger partial charge in [0.1, 0.15) is 5.60 Å². The van der Waals surface area contributed by atoms with E-state index in [1.165, 1.54) is 7.11 Å². The molecule has 1 spiro atoms. The Morgan fingerprint density at radius 2 is 1.97 bits per heavy atom. The van der Waals surface area contributed by atoms with Gasteiger partial charge in [-0.15, -0.1) is 0 Å². The predicted octanol–water partition coefficient (Wildman–Crippen LogP) is 2.98. The Balaban J connectivity index is 1.48. The van der Waals surface area contributed by atoms with Gasteiger partial charge < -0.3 is 14.2 Å². The molecule has 0 aromatic rings. The topological polar surface area (TPSA) is 82.2 Å². The highest BCUT2D eigenvalue weighted by molar-refractivity contribution is 5.92. The number of ketones is 1. The largest absolute Gasteiger partial charge is 0.469 e. The average Bonchev–Trinajstić information content (AvgIpc) is 3.35. The van der Waals surface area contributed by atoms with Crippen LogP contribution >= 0.6 is 0 Å². The third-order valence-electron chi connectivity index (χ3n) is 10.1. The number of methoxy groups -OCH3 is 1. The van der Waals surface area contributed by atoms with E-state index >= 15 is 0 Å². The second kappa shape index (κ2) is 5.76. The summed E-state index contributed by atoms with van der Waals surface area (Å²) >= 11 is 0. The van der Waals surface area contributed by atoms with Gasteiger partial charge in [-0.1, -0.05) is 19.4 Å². The van der Waals surface area contributed by atoms with Gasteiger partial charge in [-0.05, 0) is 55.4 Å². The average molecular weight is 414 g/mol. The van der Waals surface area contributed by atoms with E-state index in [2.05, 4.69) is 13.8 Å². The van der Waals surface area contributed by atoms with Crippen LogP contribution in [0.2, 0.25) is 0 Å². The summed E-state index contributed by atoms with van der Waals surface area (Å²) < 4.78 is 17.7. The number of carbonyl (C=O) groups excluding carboxylic acids is 3. The van der Waals surface area contributed by atoms with Crippen LogP contribution in [0.1, 0.15) is 58.8 Å². The zero-order valence-corrected chi connectivity index (χ0v) is 17.9. The lowest BCUT2D eigenvalue weighted by atomic mass is 9.44. The van der Waals surface area contributed by atoms with Gasteiger partial charge in [0, 0.05) is 24.2 Å². The van der Waals surface area contributed by atoms with Crippen LogP contribution in [-0.4, -0.2) is 42.6 Å². The van der Waals surface area contributed by atoms with E-state index in [0.717, 1.165) is 31.3 Å². The maximum Gasteiger partial charge on any atom is 0.309 e. The summed E-state index contributed by atoms with van der Waals surface area (Å²) in [6.45, 7) is 4.52. The Hall–Kier alpha value is -1.69. The number of ether oxygens (including phenoxy) is 3. The number of hydrogen-bond donors (Lipinski definition) is 0. The van der Waals surface area contributed by atoms with Crippen molar-refractivity contribution in [2.24, 2.45) is 34.5 Å². The fraction of sp³-hybridized carbons (Fsp3) is 0.792. The van der Waals surface area contributed by atoms with Crippen LogP contribution < -0.4 is 0 Å². The number of epoxide rings is 1. The molecular formula is C24H30O6. The van der Waals surface area contributed by atoms with Gasteiger partial charge >= 0.3 is 11.9 Å². The quantitative estimate of drug-likeness (QED) is 0.485. The van der Waals surface area contributed by atoms with Crippen molar-refractivity contribution in [1.29, 1.82) is 0 Å². The Kier molecular flexibility index (Phi) is 3.65. The molecule has 0 aromatic heterocycles. The molecule has 0 aromatic carbocycles. The molecule has 6 heteroatoms. The lowest BCUT2D eigenvalue weighted by Gasteiger charge is -2.58. The molecular weight excluding hydrogens is 384 g/mol. The van der Waals surface area contributed by atoms with Crippen molar-refractivity contribution in [2.45, 2.75) is 76.6 Å². The highest BCUT2D eigenvalue weighted by Crippen LogP contribution is 2.75. The normalized spacial score (nSPS) is 53.2. The first-order chi connectivity index (χ1) is 14.2. The lowest BCUT2D eigenvalue weighted by molar-refractivity contribution is -0.172. The second-order valence-electron chi connectivity index (χ2n) is 10.9. The van der Waals surface area contributed by atoms with Crippen molar-refractivity contribution in [3.05, 3.63) is 11.6 Å².